The second-order valence-electron chi connectivity index (χ2n) is 7.43. The van der Waals surface area contributed by atoms with Crippen molar-refractivity contribution >= 4 is 34.0 Å². The lowest BCUT2D eigenvalue weighted by Crippen LogP contribution is -2.22. The molecule has 0 bridgehead atoms. The van der Waals surface area contributed by atoms with E-state index in [0.29, 0.717) is 50.6 Å². The fourth-order valence-corrected chi connectivity index (χ4v) is 3.95. The summed E-state index contributed by atoms with van der Waals surface area (Å²) in [6.07, 6.45) is 0.478. The largest absolute Gasteiger partial charge is 0.464 e. The van der Waals surface area contributed by atoms with E-state index in [1.807, 2.05) is 24.3 Å². The number of fused-ring (bicyclic) bond motifs is 1. The van der Waals surface area contributed by atoms with E-state index in [9.17, 15) is 14.7 Å². The van der Waals surface area contributed by atoms with Gasteiger partial charge < -0.3 is 38.1 Å². The van der Waals surface area contributed by atoms with Crippen molar-refractivity contribution in [1.29, 1.82) is 0 Å². The molecule has 0 radical (unpaired) electrons. The highest BCUT2D eigenvalue weighted by Crippen LogP contribution is 2.25. The Balaban J connectivity index is 1.48. The number of thiazole rings is 1. The number of carbonyl (C=O) groups excluding carboxylic acids is 2. The minimum Gasteiger partial charge on any atom is -0.464 e. The van der Waals surface area contributed by atoms with Gasteiger partial charge in [-0.25, -0.2) is 9.78 Å². The second kappa shape index (κ2) is 14.8. The number of para-hydroxylation sites is 1. The topological polar surface area (TPSA) is 128 Å². The molecule has 36 heavy (non-hydrogen) atoms. The summed E-state index contributed by atoms with van der Waals surface area (Å²) >= 11 is 1.07. The fourth-order valence-electron chi connectivity index (χ4n) is 3.21. The van der Waals surface area contributed by atoms with E-state index in [0.717, 1.165) is 16.9 Å². The summed E-state index contributed by atoms with van der Waals surface area (Å²) in [5.41, 5.74) is 1.25. The fraction of sp³-hybridized carbons (Fsp3) is 0.458. The molecule has 1 N–H and O–H groups in total. The van der Waals surface area contributed by atoms with Gasteiger partial charge in [0.25, 0.3) is 0 Å². The van der Waals surface area contributed by atoms with Crippen LogP contribution in [0.2, 0.25) is 0 Å². The highest BCUT2D eigenvalue weighted by Gasteiger charge is 2.21. The Kier molecular flexibility index (Phi) is 11.4. The molecule has 1 aromatic carbocycles. The zero-order chi connectivity index (χ0) is 25.8. The number of carbonyl (C=O) groups is 2. The maximum absolute atomic E-state index is 13.1. The highest BCUT2D eigenvalue weighted by molar-refractivity contribution is 7.12. The number of aliphatic hydroxyl groups is 1. The Bertz CT molecular complexity index is 1110. The third kappa shape index (κ3) is 7.90. The van der Waals surface area contributed by atoms with Crippen molar-refractivity contribution in [3.8, 4) is 0 Å². The van der Waals surface area contributed by atoms with Gasteiger partial charge in [0.15, 0.2) is 17.0 Å². The van der Waals surface area contributed by atoms with Gasteiger partial charge in [-0.15, -0.1) is 11.3 Å². The van der Waals surface area contributed by atoms with Gasteiger partial charge in [-0.3, -0.25) is 4.79 Å². The lowest BCUT2D eigenvalue weighted by molar-refractivity contribution is -0.159. The normalized spacial score (nSPS) is 12.2. The van der Waals surface area contributed by atoms with Gasteiger partial charge in [0.2, 0.25) is 5.78 Å². The van der Waals surface area contributed by atoms with E-state index in [1.54, 1.807) is 17.9 Å². The highest BCUT2D eigenvalue weighted by atomic mass is 32.1. The molecule has 0 aliphatic carbocycles. The van der Waals surface area contributed by atoms with Crippen LogP contribution in [0, 0.1) is 0 Å². The Labute approximate surface area is 212 Å². The number of aromatic nitrogens is 2. The molecule has 0 aliphatic heterocycles. The van der Waals surface area contributed by atoms with Crippen LogP contribution in [0.15, 0.2) is 35.8 Å². The van der Waals surface area contributed by atoms with Crippen LogP contribution < -0.4 is 0 Å². The van der Waals surface area contributed by atoms with Crippen molar-refractivity contribution in [1.82, 2.24) is 9.55 Å². The predicted molar refractivity (Wildman–Crippen MR) is 130 cm³/mol. The first-order chi connectivity index (χ1) is 17.5. The Morgan fingerprint density at radius 3 is 2.44 bits per heavy atom. The molecule has 0 amide bonds. The Hall–Kier alpha value is -2.71. The van der Waals surface area contributed by atoms with Gasteiger partial charge >= 0.3 is 5.97 Å². The third-order valence-corrected chi connectivity index (χ3v) is 5.81. The van der Waals surface area contributed by atoms with E-state index < -0.39 is 12.3 Å². The van der Waals surface area contributed by atoms with Crippen molar-refractivity contribution in [3.05, 3.63) is 52.1 Å². The smallest absolute Gasteiger partial charge is 0.357 e. The molecule has 1 unspecified atom stereocenters. The minimum atomic E-state index is -1.16. The van der Waals surface area contributed by atoms with E-state index in [-0.39, 0.29) is 29.8 Å². The van der Waals surface area contributed by atoms with E-state index in [2.05, 4.69) is 9.72 Å². The molecule has 11 nitrogen and oxygen atoms in total. The number of aliphatic hydroxyl groups excluding tert-OH is 1. The van der Waals surface area contributed by atoms with Crippen molar-refractivity contribution in [2.24, 2.45) is 0 Å². The molecule has 3 aromatic rings. The number of hydrogen-bond donors (Lipinski definition) is 1. The SMILES string of the molecule is COCCOCCOCCOCC(O)OCn1cc(C(=O)c2nc(C(=O)OC)cs2)c2ccccc21. The van der Waals surface area contributed by atoms with Gasteiger partial charge in [0.1, 0.15) is 6.73 Å². The number of ketones is 1. The molecular weight excluding hydrogens is 492 g/mol. The van der Waals surface area contributed by atoms with Crippen LogP contribution in [0.4, 0.5) is 0 Å². The zero-order valence-corrected chi connectivity index (χ0v) is 21.0. The standard InChI is InChI=1S/C24H30N2O9S/c1-30-7-8-32-9-10-33-11-12-34-14-21(27)35-16-26-13-18(17-5-3-4-6-20(17)26)22(28)23-25-19(15-36-23)24(29)31-2/h3-6,13,15,21,27H,7-12,14,16H2,1-2H3. The molecule has 2 aromatic heterocycles. The summed E-state index contributed by atoms with van der Waals surface area (Å²) in [6, 6.07) is 7.32. The molecule has 12 heteroatoms. The number of methoxy groups -OCH3 is 2. The first-order valence-corrected chi connectivity index (χ1v) is 12.1. The van der Waals surface area contributed by atoms with Crippen molar-refractivity contribution < 1.29 is 43.1 Å². The minimum absolute atomic E-state index is 0.00108. The zero-order valence-electron chi connectivity index (χ0n) is 20.2. The number of nitrogens with zero attached hydrogens (tertiary/aromatic N) is 2. The number of ether oxygens (including phenoxy) is 6. The van der Waals surface area contributed by atoms with E-state index in [4.69, 9.17) is 23.7 Å². The maximum Gasteiger partial charge on any atom is 0.357 e. The number of hydrogen-bond acceptors (Lipinski definition) is 11. The van der Waals surface area contributed by atoms with Crippen molar-refractivity contribution in [2.75, 3.05) is 60.5 Å². The molecule has 2 heterocycles. The molecule has 0 aliphatic rings. The van der Waals surface area contributed by atoms with Gasteiger partial charge in [0.05, 0.1) is 64.4 Å². The van der Waals surface area contributed by atoms with E-state index in [1.165, 1.54) is 12.5 Å². The number of esters is 1. The molecule has 0 saturated heterocycles. The Morgan fingerprint density at radius 2 is 1.72 bits per heavy atom. The summed E-state index contributed by atoms with van der Waals surface area (Å²) < 4.78 is 32.8. The Morgan fingerprint density at radius 1 is 1.03 bits per heavy atom. The number of benzene rings is 1. The van der Waals surface area contributed by atoms with Crippen LogP contribution in [0.25, 0.3) is 10.9 Å². The first-order valence-electron chi connectivity index (χ1n) is 11.2. The lowest BCUT2D eigenvalue weighted by atomic mass is 10.1. The van der Waals surface area contributed by atoms with Crippen LogP contribution in [0.5, 0.6) is 0 Å². The predicted octanol–water partition coefficient (Wildman–Crippen LogP) is 2.10. The molecule has 0 fully saturated rings. The third-order valence-electron chi connectivity index (χ3n) is 4.97. The van der Waals surface area contributed by atoms with E-state index >= 15 is 0 Å². The second-order valence-corrected chi connectivity index (χ2v) is 8.29. The van der Waals surface area contributed by atoms with Crippen LogP contribution >= 0.6 is 11.3 Å². The van der Waals surface area contributed by atoms with Crippen LogP contribution in [0.1, 0.15) is 25.9 Å². The summed E-state index contributed by atoms with van der Waals surface area (Å²) in [5.74, 6) is -0.922. The lowest BCUT2D eigenvalue weighted by Gasteiger charge is -2.14. The van der Waals surface area contributed by atoms with Crippen LogP contribution in [-0.2, 0) is 35.2 Å². The average Bonchev–Trinajstić information content (AvgIpc) is 3.53. The molecular formula is C24H30N2O9S. The van der Waals surface area contributed by atoms with Gasteiger partial charge in [-0.1, -0.05) is 18.2 Å². The van der Waals surface area contributed by atoms with Crippen molar-refractivity contribution in [2.45, 2.75) is 13.0 Å². The summed E-state index contributed by atoms with van der Waals surface area (Å²) in [4.78, 5) is 28.9. The molecule has 1 atom stereocenters. The van der Waals surface area contributed by atoms with Crippen LogP contribution in [-0.4, -0.2) is 93.2 Å². The summed E-state index contributed by atoms with van der Waals surface area (Å²) in [7, 11) is 2.87. The van der Waals surface area contributed by atoms with Crippen molar-refractivity contribution in [3.63, 3.8) is 0 Å². The van der Waals surface area contributed by atoms with Crippen LogP contribution in [0.3, 0.4) is 0 Å². The molecule has 0 saturated carbocycles. The summed E-state index contributed by atoms with van der Waals surface area (Å²) in [5, 5.41) is 12.5. The van der Waals surface area contributed by atoms with Gasteiger partial charge in [-0.2, -0.15) is 0 Å². The first kappa shape index (κ1) is 27.9. The van der Waals surface area contributed by atoms with Gasteiger partial charge in [-0.05, 0) is 6.07 Å². The molecule has 196 valence electrons. The monoisotopic (exact) mass is 522 g/mol. The number of rotatable bonds is 17. The average molecular weight is 523 g/mol. The quantitative estimate of drug-likeness (QED) is 0.122. The summed E-state index contributed by atoms with van der Waals surface area (Å²) in [6.45, 7) is 2.60. The van der Waals surface area contributed by atoms with Gasteiger partial charge in [0, 0.05) is 24.1 Å². The molecule has 3 rings (SSSR count). The maximum atomic E-state index is 13.1. The molecule has 0 spiro atoms.